The van der Waals surface area contributed by atoms with Crippen LogP contribution < -0.4 is 5.32 Å². The van der Waals surface area contributed by atoms with E-state index in [2.05, 4.69) is 45.5 Å². The van der Waals surface area contributed by atoms with Gasteiger partial charge in [0.2, 0.25) is 0 Å². The van der Waals surface area contributed by atoms with Crippen LogP contribution in [0.4, 0.5) is 5.69 Å². The molecule has 0 unspecified atom stereocenters. The molecule has 0 spiro atoms. The van der Waals surface area contributed by atoms with Gasteiger partial charge in [0.05, 0.1) is 0 Å². The predicted molar refractivity (Wildman–Crippen MR) is 60.0 cm³/mol. The highest BCUT2D eigenvalue weighted by atomic mass is 79.9. The molecule has 2 heteroatoms. The fourth-order valence-electron chi connectivity index (χ4n) is 1.53. The lowest BCUT2D eigenvalue weighted by Crippen LogP contribution is -2.20. The summed E-state index contributed by atoms with van der Waals surface area (Å²) in [5.74, 6) is 0.920. The molecule has 1 aromatic rings. The lowest BCUT2D eigenvalue weighted by Gasteiger charge is -2.25. The second-order valence-corrected chi connectivity index (χ2v) is 4.60. The number of hydrogen-bond acceptors (Lipinski definition) is 1. The number of halogens is 1. The van der Waals surface area contributed by atoms with Crippen molar-refractivity contribution in [2.45, 2.75) is 19.3 Å². The summed E-state index contributed by atoms with van der Waals surface area (Å²) in [5, 5.41) is 3.45. The third-order valence-corrected chi connectivity index (χ3v) is 3.19. The summed E-state index contributed by atoms with van der Waals surface area (Å²) in [7, 11) is 0. The normalized spacial score (nSPS) is 16.7. The molecule has 2 rings (SSSR count). The van der Waals surface area contributed by atoms with Gasteiger partial charge in [0.15, 0.2) is 0 Å². The van der Waals surface area contributed by atoms with E-state index in [1.165, 1.54) is 24.9 Å². The fourth-order valence-corrected chi connectivity index (χ4v) is 1.79. The molecule has 1 saturated carbocycles. The van der Waals surface area contributed by atoms with Gasteiger partial charge in [-0.3, -0.25) is 0 Å². The highest BCUT2D eigenvalue weighted by Crippen LogP contribution is 2.26. The number of rotatable bonds is 3. The number of hydrogen-bond donors (Lipinski definition) is 1. The molecule has 0 atom stereocenters. The monoisotopic (exact) mass is 239 g/mol. The van der Waals surface area contributed by atoms with Crippen LogP contribution >= 0.6 is 15.9 Å². The van der Waals surface area contributed by atoms with Crippen molar-refractivity contribution in [3.8, 4) is 0 Å². The van der Waals surface area contributed by atoms with E-state index in [-0.39, 0.29) is 0 Å². The minimum absolute atomic E-state index is 0.920. The van der Waals surface area contributed by atoms with E-state index >= 15 is 0 Å². The largest absolute Gasteiger partial charge is 0.385 e. The molecule has 70 valence electrons. The van der Waals surface area contributed by atoms with E-state index in [4.69, 9.17) is 0 Å². The molecule has 1 nitrogen and oxygen atoms in total. The molecule has 0 aliphatic heterocycles. The van der Waals surface area contributed by atoms with Crippen LogP contribution in [-0.4, -0.2) is 6.54 Å². The molecule has 0 bridgehead atoms. The Morgan fingerprint density at radius 2 is 1.92 bits per heavy atom. The van der Waals surface area contributed by atoms with Crippen LogP contribution in [-0.2, 0) is 0 Å². The number of benzene rings is 1. The van der Waals surface area contributed by atoms with Gasteiger partial charge in [-0.25, -0.2) is 0 Å². The summed E-state index contributed by atoms with van der Waals surface area (Å²) in [6.07, 6.45) is 4.24. The molecule has 1 aliphatic rings. The van der Waals surface area contributed by atoms with Crippen molar-refractivity contribution in [3.05, 3.63) is 28.7 Å². The predicted octanol–water partition coefficient (Wildman–Crippen LogP) is 3.66. The molecule has 0 aromatic heterocycles. The first-order valence-electron chi connectivity index (χ1n) is 4.84. The van der Waals surface area contributed by atoms with Crippen molar-refractivity contribution in [2.24, 2.45) is 5.92 Å². The van der Waals surface area contributed by atoms with Crippen LogP contribution in [0.3, 0.4) is 0 Å². The number of anilines is 1. The molecule has 0 radical (unpaired) electrons. The molecule has 0 saturated heterocycles. The van der Waals surface area contributed by atoms with Gasteiger partial charge in [-0.2, -0.15) is 0 Å². The van der Waals surface area contributed by atoms with Gasteiger partial charge >= 0.3 is 0 Å². The van der Waals surface area contributed by atoms with Crippen molar-refractivity contribution < 1.29 is 0 Å². The second kappa shape index (κ2) is 4.14. The Morgan fingerprint density at radius 1 is 1.23 bits per heavy atom. The molecular formula is C11H14BrN. The summed E-state index contributed by atoms with van der Waals surface area (Å²) in [6, 6.07) is 8.37. The minimum atomic E-state index is 0.920. The topological polar surface area (TPSA) is 12.0 Å². The van der Waals surface area contributed by atoms with Crippen molar-refractivity contribution >= 4 is 21.6 Å². The highest BCUT2D eigenvalue weighted by molar-refractivity contribution is 9.10. The average Bonchev–Trinajstić information content (AvgIpc) is 2.05. The Hall–Kier alpha value is -0.500. The summed E-state index contributed by atoms with van der Waals surface area (Å²) in [4.78, 5) is 0. The highest BCUT2D eigenvalue weighted by Gasteiger charge is 2.16. The van der Waals surface area contributed by atoms with Gasteiger partial charge < -0.3 is 5.32 Å². The van der Waals surface area contributed by atoms with Gasteiger partial charge in [0.1, 0.15) is 0 Å². The third kappa shape index (κ3) is 2.47. The Bertz CT molecular complexity index is 264. The zero-order valence-electron chi connectivity index (χ0n) is 7.59. The molecular weight excluding hydrogens is 226 g/mol. The molecule has 0 amide bonds. The van der Waals surface area contributed by atoms with Crippen molar-refractivity contribution in [1.29, 1.82) is 0 Å². The van der Waals surface area contributed by atoms with Crippen molar-refractivity contribution in [1.82, 2.24) is 0 Å². The summed E-state index contributed by atoms with van der Waals surface area (Å²) in [5.41, 5.74) is 1.23. The Balaban J connectivity index is 1.83. The second-order valence-electron chi connectivity index (χ2n) is 3.68. The average molecular weight is 240 g/mol. The Morgan fingerprint density at radius 3 is 2.46 bits per heavy atom. The van der Waals surface area contributed by atoms with E-state index < -0.39 is 0 Å². The van der Waals surface area contributed by atoms with Crippen LogP contribution in [0.15, 0.2) is 28.7 Å². The lowest BCUT2D eigenvalue weighted by molar-refractivity contribution is 0.333. The SMILES string of the molecule is Brc1ccc(NCC2CCC2)cc1. The van der Waals surface area contributed by atoms with Crippen LogP contribution in [0.25, 0.3) is 0 Å². The molecule has 1 N–H and O–H groups in total. The maximum Gasteiger partial charge on any atom is 0.0341 e. The molecule has 1 fully saturated rings. The van der Waals surface area contributed by atoms with Gasteiger partial charge in [-0.1, -0.05) is 22.4 Å². The van der Waals surface area contributed by atoms with Crippen molar-refractivity contribution in [3.63, 3.8) is 0 Å². The Kier molecular flexibility index (Phi) is 2.89. The minimum Gasteiger partial charge on any atom is -0.385 e. The van der Waals surface area contributed by atoms with E-state index in [0.717, 1.165) is 16.9 Å². The van der Waals surface area contributed by atoms with Gasteiger partial charge in [0, 0.05) is 16.7 Å². The van der Waals surface area contributed by atoms with E-state index in [1.807, 2.05) is 0 Å². The van der Waals surface area contributed by atoms with Gasteiger partial charge in [-0.15, -0.1) is 0 Å². The van der Waals surface area contributed by atoms with Gasteiger partial charge in [0.25, 0.3) is 0 Å². The van der Waals surface area contributed by atoms with Crippen LogP contribution in [0, 0.1) is 5.92 Å². The van der Waals surface area contributed by atoms with E-state index in [9.17, 15) is 0 Å². The summed E-state index contributed by atoms with van der Waals surface area (Å²) >= 11 is 3.42. The summed E-state index contributed by atoms with van der Waals surface area (Å²) in [6.45, 7) is 1.14. The Labute approximate surface area is 87.7 Å². The molecule has 0 heterocycles. The van der Waals surface area contributed by atoms with E-state index in [1.54, 1.807) is 0 Å². The first kappa shape index (κ1) is 9.07. The molecule has 13 heavy (non-hydrogen) atoms. The third-order valence-electron chi connectivity index (χ3n) is 2.66. The fraction of sp³-hybridized carbons (Fsp3) is 0.455. The first-order valence-corrected chi connectivity index (χ1v) is 5.63. The standard InChI is InChI=1S/C11H14BrN/c12-10-4-6-11(7-5-10)13-8-9-2-1-3-9/h4-7,9,13H,1-3,8H2. The smallest absolute Gasteiger partial charge is 0.0341 e. The van der Waals surface area contributed by atoms with Gasteiger partial charge in [-0.05, 0) is 43.0 Å². The maximum atomic E-state index is 3.45. The zero-order valence-corrected chi connectivity index (χ0v) is 9.18. The lowest BCUT2D eigenvalue weighted by atomic mass is 9.85. The summed E-state index contributed by atoms with van der Waals surface area (Å²) < 4.78 is 1.14. The van der Waals surface area contributed by atoms with Crippen LogP contribution in [0.5, 0.6) is 0 Å². The quantitative estimate of drug-likeness (QED) is 0.850. The maximum absolute atomic E-state index is 3.45. The molecule has 1 aromatic carbocycles. The van der Waals surface area contributed by atoms with Crippen LogP contribution in [0.2, 0.25) is 0 Å². The van der Waals surface area contributed by atoms with Crippen LogP contribution in [0.1, 0.15) is 19.3 Å². The molecule has 1 aliphatic carbocycles. The number of nitrogens with one attached hydrogen (secondary N) is 1. The van der Waals surface area contributed by atoms with Crippen molar-refractivity contribution in [2.75, 3.05) is 11.9 Å². The first-order chi connectivity index (χ1) is 6.34. The van der Waals surface area contributed by atoms with E-state index in [0.29, 0.717) is 0 Å². The zero-order chi connectivity index (χ0) is 9.10.